The molecule has 0 bridgehead atoms. The van der Waals surface area contributed by atoms with E-state index >= 15 is 0 Å². The van der Waals surface area contributed by atoms with Crippen molar-refractivity contribution < 1.29 is 41.5 Å². The number of nitrogens with zero attached hydrogens (tertiary/aromatic N) is 5. The lowest BCUT2D eigenvalue weighted by atomic mass is 10.0. The molecule has 3 aromatic rings. The van der Waals surface area contributed by atoms with E-state index in [2.05, 4.69) is 33.5 Å². The normalized spacial score (nSPS) is 20.1. The van der Waals surface area contributed by atoms with Crippen LogP contribution in [0, 0.1) is 11.3 Å². The molecule has 18 heteroatoms. The second kappa shape index (κ2) is 17.6. The molecule has 58 heavy (non-hydrogen) atoms. The highest BCUT2D eigenvalue weighted by atomic mass is 32.1. The van der Waals surface area contributed by atoms with Crippen molar-refractivity contribution in [3.63, 3.8) is 0 Å². The van der Waals surface area contributed by atoms with Crippen molar-refractivity contribution in [2.45, 2.75) is 56.4 Å². The highest BCUT2D eigenvalue weighted by molar-refractivity contribution is 7.81. The van der Waals surface area contributed by atoms with Gasteiger partial charge in [-0.15, -0.1) is 12.6 Å². The van der Waals surface area contributed by atoms with Gasteiger partial charge in [0.25, 0.3) is 5.91 Å². The molecule has 3 aromatic carbocycles. The van der Waals surface area contributed by atoms with Gasteiger partial charge in [-0.2, -0.15) is 18.4 Å². The number of rotatable bonds is 13. The van der Waals surface area contributed by atoms with Crippen LogP contribution in [0.3, 0.4) is 0 Å². The molecular weight excluding hydrogens is 781 g/mol. The van der Waals surface area contributed by atoms with Crippen LogP contribution in [0.4, 0.5) is 40.3 Å². The number of carbonyl (C=O) groups excluding carboxylic acids is 4. The first-order valence-electron chi connectivity index (χ1n) is 18.8. The Morgan fingerprint density at radius 1 is 1.00 bits per heavy atom. The summed E-state index contributed by atoms with van der Waals surface area (Å²) in [6, 6.07) is 16.2. The molecule has 13 nitrogen and oxygen atoms in total. The summed E-state index contributed by atoms with van der Waals surface area (Å²) in [7, 11) is 0. The van der Waals surface area contributed by atoms with Crippen molar-refractivity contribution in [1.82, 2.24) is 15.1 Å². The largest absolute Gasteiger partial charge is 0.492 e. The zero-order valence-corrected chi connectivity index (χ0v) is 32.8. The Labute approximate surface area is 338 Å². The molecule has 6 rings (SSSR count). The summed E-state index contributed by atoms with van der Waals surface area (Å²) >= 11 is 4.66. The van der Waals surface area contributed by atoms with Crippen LogP contribution >= 0.6 is 12.6 Å². The monoisotopic (exact) mass is 824 g/mol. The average Bonchev–Trinajstić information content (AvgIpc) is 3.35. The number of carbonyl (C=O) groups is 4. The molecule has 0 aliphatic carbocycles. The second-order valence-electron chi connectivity index (χ2n) is 14.8. The SMILES string of the molecule is CC1(C)C(=O)N(c2ccc(C#N)c(C(F)(F)F)c2)C(S)N1c1ccc(OCCN2CCN(CC(=O)Nc3cccc(NC4CCC(=O)NC4=O)c3)CC2)c(CCF)c1. The maximum Gasteiger partial charge on any atom is 0.417 e. The number of imide groups is 1. The minimum absolute atomic E-state index is 0.0261. The third-order valence-electron chi connectivity index (χ3n) is 10.4. The fourth-order valence-electron chi connectivity index (χ4n) is 7.36. The third kappa shape index (κ3) is 9.49. The molecule has 4 amide bonds. The molecule has 3 aliphatic rings. The van der Waals surface area contributed by atoms with Crippen molar-refractivity contribution in [1.29, 1.82) is 5.26 Å². The Morgan fingerprint density at radius 3 is 2.40 bits per heavy atom. The number of nitriles is 1. The fourth-order valence-corrected chi connectivity index (χ4v) is 8.02. The van der Waals surface area contributed by atoms with Crippen molar-refractivity contribution in [3.05, 3.63) is 77.4 Å². The number of ether oxygens (including phenoxy) is 1. The van der Waals surface area contributed by atoms with Crippen LogP contribution in [-0.4, -0.2) is 103 Å². The Morgan fingerprint density at radius 2 is 1.71 bits per heavy atom. The molecule has 3 saturated heterocycles. The van der Waals surface area contributed by atoms with Gasteiger partial charge in [-0.3, -0.25) is 43.6 Å². The third-order valence-corrected chi connectivity index (χ3v) is 10.9. The van der Waals surface area contributed by atoms with Crippen LogP contribution in [-0.2, 0) is 31.8 Å². The zero-order valence-electron chi connectivity index (χ0n) is 31.9. The number of piperazine rings is 1. The van der Waals surface area contributed by atoms with Crippen molar-refractivity contribution in [2.24, 2.45) is 0 Å². The van der Waals surface area contributed by atoms with Gasteiger partial charge in [0.05, 0.1) is 30.4 Å². The lowest BCUT2D eigenvalue weighted by molar-refractivity contribution is -0.138. The Bertz CT molecular complexity index is 2090. The van der Waals surface area contributed by atoms with E-state index in [1.54, 1.807) is 67.3 Å². The number of anilines is 4. The Hall–Kier alpha value is -5.38. The van der Waals surface area contributed by atoms with Crippen LogP contribution in [0.5, 0.6) is 5.75 Å². The van der Waals surface area contributed by atoms with Gasteiger partial charge in [0.15, 0.2) is 5.50 Å². The highest BCUT2D eigenvalue weighted by Gasteiger charge is 2.52. The van der Waals surface area contributed by atoms with Crippen LogP contribution in [0.25, 0.3) is 0 Å². The van der Waals surface area contributed by atoms with E-state index < -0.39 is 47.0 Å². The summed E-state index contributed by atoms with van der Waals surface area (Å²) in [5, 5.41) is 17.6. The van der Waals surface area contributed by atoms with Crippen LogP contribution in [0.2, 0.25) is 0 Å². The first kappa shape index (κ1) is 42.2. The number of halogens is 4. The van der Waals surface area contributed by atoms with E-state index in [0.29, 0.717) is 74.1 Å². The quantitative estimate of drug-likeness (QED) is 0.108. The molecule has 0 aromatic heterocycles. The molecule has 3 N–H and O–H groups in total. The van der Waals surface area contributed by atoms with Gasteiger partial charge in [-0.25, -0.2) is 0 Å². The number of nitrogens with one attached hydrogen (secondary N) is 3. The molecule has 0 spiro atoms. The maximum absolute atomic E-state index is 13.8. The van der Waals surface area contributed by atoms with E-state index in [1.807, 2.05) is 4.90 Å². The van der Waals surface area contributed by atoms with Gasteiger partial charge in [-0.1, -0.05) is 6.07 Å². The number of amides is 4. The minimum Gasteiger partial charge on any atom is -0.492 e. The predicted octanol–water partition coefficient (Wildman–Crippen LogP) is 4.79. The maximum atomic E-state index is 13.8. The number of aryl methyl sites for hydroxylation is 1. The summed E-state index contributed by atoms with van der Waals surface area (Å²) < 4.78 is 61.2. The Kier molecular flexibility index (Phi) is 12.8. The summed E-state index contributed by atoms with van der Waals surface area (Å²) in [6.45, 7) is 6.35. The van der Waals surface area contributed by atoms with Crippen molar-refractivity contribution in [2.75, 3.05) is 73.0 Å². The summed E-state index contributed by atoms with van der Waals surface area (Å²) in [4.78, 5) is 57.2. The van der Waals surface area contributed by atoms with E-state index in [4.69, 9.17) is 4.74 Å². The number of hydrogen-bond acceptors (Lipinski definition) is 11. The standard InChI is InChI=1S/C40H44F4N8O5S/c1-39(2)37(56)51(29-7-6-26(23-45)31(22-29)40(42,43)44)38(58)52(39)30-8-10-33(25(20-30)12-13-41)57-19-18-49-14-16-50(17-15-49)24-35(54)47-28-5-3-4-27(21-28)46-32-9-11-34(53)48-36(32)55/h3-8,10,20-22,32,38,46,58H,9,11-19,24H2,1-2H3,(H,47,54)(H,48,53,55). The highest BCUT2D eigenvalue weighted by Crippen LogP contribution is 2.43. The number of alkyl halides is 4. The molecule has 308 valence electrons. The van der Waals surface area contributed by atoms with E-state index in [1.165, 1.54) is 6.07 Å². The topological polar surface area (TPSA) is 150 Å². The zero-order chi connectivity index (χ0) is 41.8. The number of hydrogen-bond donors (Lipinski definition) is 4. The molecule has 2 atom stereocenters. The summed E-state index contributed by atoms with van der Waals surface area (Å²) in [5.74, 6) is -0.897. The molecule has 3 heterocycles. The average molecular weight is 825 g/mol. The number of thiol groups is 1. The van der Waals surface area contributed by atoms with Crippen LogP contribution in [0.1, 0.15) is 43.4 Å². The first-order chi connectivity index (χ1) is 27.6. The lowest BCUT2D eigenvalue weighted by Gasteiger charge is -2.34. The smallest absolute Gasteiger partial charge is 0.417 e. The predicted molar refractivity (Wildman–Crippen MR) is 212 cm³/mol. The first-order valence-corrected chi connectivity index (χ1v) is 19.3. The van der Waals surface area contributed by atoms with Gasteiger partial charge < -0.3 is 20.3 Å². The molecule has 2 unspecified atom stereocenters. The Balaban J connectivity index is 1.01. The fraction of sp³-hybridized carbons (Fsp3) is 0.425. The molecule has 3 aliphatic heterocycles. The minimum atomic E-state index is -4.81. The van der Waals surface area contributed by atoms with Crippen LogP contribution in [0.15, 0.2) is 60.7 Å². The summed E-state index contributed by atoms with van der Waals surface area (Å²) in [6.07, 6.45) is -4.15. The molecule has 0 radical (unpaired) electrons. The van der Waals surface area contributed by atoms with Crippen molar-refractivity contribution >= 4 is 59.0 Å². The van der Waals surface area contributed by atoms with Gasteiger partial charge in [0.2, 0.25) is 17.7 Å². The van der Waals surface area contributed by atoms with E-state index in [9.17, 15) is 42.0 Å². The van der Waals surface area contributed by atoms with E-state index in [0.717, 1.165) is 17.0 Å². The number of piperidine rings is 1. The van der Waals surface area contributed by atoms with Crippen LogP contribution < -0.4 is 30.5 Å². The van der Waals surface area contributed by atoms with Crippen molar-refractivity contribution in [3.8, 4) is 11.8 Å². The second-order valence-corrected chi connectivity index (χ2v) is 15.2. The van der Waals surface area contributed by atoms with Gasteiger partial charge in [-0.05, 0) is 80.4 Å². The van der Waals surface area contributed by atoms with Gasteiger partial charge >= 0.3 is 6.18 Å². The van der Waals surface area contributed by atoms with E-state index in [-0.39, 0.29) is 42.8 Å². The molecular formula is C40H44F4N8O5S. The summed E-state index contributed by atoms with van der Waals surface area (Å²) in [5.41, 5.74) is -1.78. The molecule has 0 saturated carbocycles. The van der Waals surface area contributed by atoms with Gasteiger partial charge in [0, 0.05) is 68.3 Å². The van der Waals surface area contributed by atoms with Gasteiger partial charge in [0.1, 0.15) is 23.9 Å². The molecule has 3 fully saturated rings. The number of benzene rings is 3. The lowest BCUT2D eigenvalue weighted by Crippen LogP contribution is -2.49.